The Labute approximate surface area is 112 Å². The number of nitrogens with zero attached hydrogens (tertiary/aromatic N) is 1. The van der Waals surface area contributed by atoms with E-state index in [0.717, 1.165) is 27.9 Å². The predicted molar refractivity (Wildman–Crippen MR) is 73.8 cm³/mol. The largest absolute Gasteiger partial charge is 0.351 e. The van der Waals surface area contributed by atoms with Gasteiger partial charge in [0, 0.05) is 13.0 Å². The second-order valence-corrected chi connectivity index (χ2v) is 6.30. The molecule has 0 aliphatic heterocycles. The Hall–Kier alpha value is -0.940. The Morgan fingerprint density at radius 2 is 2.33 bits per heavy atom. The summed E-state index contributed by atoms with van der Waals surface area (Å²) in [7, 11) is 0. The van der Waals surface area contributed by atoms with E-state index in [4.69, 9.17) is 5.73 Å². The zero-order valence-corrected chi connectivity index (χ0v) is 11.8. The molecule has 4 nitrogen and oxygen atoms in total. The van der Waals surface area contributed by atoms with Crippen LogP contribution < -0.4 is 11.1 Å². The van der Waals surface area contributed by atoms with Crippen LogP contribution in [0.25, 0.3) is 0 Å². The Bertz CT molecular complexity index is 426. The van der Waals surface area contributed by atoms with E-state index in [1.165, 1.54) is 12.8 Å². The average molecular weight is 267 g/mol. The third-order valence-electron chi connectivity index (χ3n) is 3.22. The molecule has 0 bridgehead atoms. The summed E-state index contributed by atoms with van der Waals surface area (Å²) in [4.78, 5) is 17.3. The maximum absolute atomic E-state index is 12.0. The first kappa shape index (κ1) is 13.5. The Balaban J connectivity index is 1.93. The minimum atomic E-state index is -0.00709. The highest BCUT2D eigenvalue weighted by Crippen LogP contribution is 2.34. The lowest BCUT2D eigenvalue weighted by Gasteiger charge is -2.09. The van der Waals surface area contributed by atoms with Gasteiger partial charge < -0.3 is 11.1 Å². The molecule has 1 aliphatic rings. The van der Waals surface area contributed by atoms with Crippen LogP contribution in [0.2, 0.25) is 0 Å². The van der Waals surface area contributed by atoms with Crippen molar-refractivity contribution < 1.29 is 4.79 Å². The van der Waals surface area contributed by atoms with Gasteiger partial charge in [-0.2, -0.15) is 0 Å². The van der Waals surface area contributed by atoms with Gasteiger partial charge in [0.1, 0.15) is 4.88 Å². The van der Waals surface area contributed by atoms with Crippen molar-refractivity contribution in [3.63, 3.8) is 0 Å². The van der Waals surface area contributed by atoms with Gasteiger partial charge in [0.05, 0.1) is 10.7 Å². The molecule has 1 amide bonds. The molecule has 18 heavy (non-hydrogen) atoms. The number of nitrogens with one attached hydrogen (secondary N) is 1. The fourth-order valence-electron chi connectivity index (χ4n) is 1.75. The number of aryl methyl sites for hydroxylation is 1. The van der Waals surface area contributed by atoms with Gasteiger partial charge in [-0.1, -0.05) is 6.92 Å². The molecule has 1 aliphatic carbocycles. The van der Waals surface area contributed by atoms with Crippen LogP contribution in [0.1, 0.15) is 40.1 Å². The lowest BCUT2D eigenvalue weighted by Crippen LogP contribution is -2.31. The normalized spacial score (nSPS) is 16.6. The summed E-state index contributed by atoms with van der Waals surface area (Å²) in [5, 5.41) is 4.03. The zero-order chi connectivity index (χ0) is 13.1. The van der Waals surface area contributed by atoms with E-state index in [-0.39, 0.29) is 5.91 Å². The van der Waals surface area contributed by atoms with Crippen LogP contribution in [0, 0.1) is 18.8 Å². The number of hydrogen-bond donors (Lipinski definition) is 2. The molecule has 1 saturated carbocycles. The summed E-state index contributed by atoms with van der Waals surface area (Å²) >= 11 is 1.54. The SMILES string of the molecule is Cc1nc(CC2CC2)sc1C(=O)NCC(C)CN. The van der Waals surface area contributed by atoms with Crippen molar-refractivity contribution in [3.8, 4) is 0 Å². The summed E-state index contributed by atoms with van der Waals surface area (Å²) in [6.45, 7) is 5.16. The van der Waals surface area contributed by atoms with Gasteiger partial charge in [-0.25, -0.2) is 4.98 Å². The Morgan fingerprint density at radius 3 is 2.94 bits per heavy atom. The monoisotopic (exact) mass is 267 g/mol. The van der Waals surface area contributed by atoms with Gasteiger partial charge in [-0.15, -0.1) is 11.3 Å². The van der Waals surface area contributed by atoms with E-state index in [1.807, 2.05) is 13.8 Å². The summed E-state index contributed by atoms with van der Waals surface area (Å²) in [5.74, 6) is 1.11. The van der Waals surface area contributed by atoms with Crippen molar-refractivity contribution in [3.05, 3.63) is 15.6 Å². The first-order valence-electron chi connectivity index (χ1n) is 6.54. The van der Waals surface area contributed by atoms with E-state index < -0.39 is 0 Å². The smallest absolute Gasteiger partial charge is 0.263 e. The number of rotatable bonds is 6. The summed E-state index contributed by atoms with van der Waals surface area (Å²) in [5.41, 5.74) is 6.39. The van der Waals surface area contributed by atoms with Crippen molar-refractivity contribution in [2.45, 2.75) is 33.1 Å². The highest BCUT2D eigenvalue weighted by Gasteiger charge is 2.24. The first-order chi connectivity index (χ1) is 8.60. The van der Waals surface area contributed by atoms with Crippen molar-refractivity contribution in [1.82, 2.24) is 10.3 Å². The molecule has 1 aromatic rings. The average Bonchev–Trinajstić information content (AvgIpc) is 3.08. The maximum atomic E-state index is 12.0. The van der Waals surface area contributed by atoms with Gasteiger partial charge in [-0.05, 0) is 38.1 Å². The van der Waals surface area contributed by atoms with Crippen LogP contribution in [0.5, 0.6) is 0 Å². The fraction of sp³-hybridized carbons (Fsp3) is 0.692. The number of thiazole rings is 1. The summed E-state index contributed by atoms with van der Waals surface area (Å²) < 4.78 is 0. The van der Waals surface area contributed by atoms with E-state index >= 15 is 0 Å². The highest BCUT2D eigenvalue weighted by molar-refractivity contribution is 7.13. The molecule has 0 spiro atoms. The molecule has 1 heterocycles. The lowest BCUT2D eigenvalue weighted by molar-refractivity contribution is 0.0952. The maximum Gasteiger partial charge on any atom is 0.263 e. The molecular formula is C13H21N3OS. The fourth-order valence-corrected chi connectivity index (χ4v) is 2.85. The third kappa shape index (κ3) is 3.53. The standard InChI is InChI=1S/C13H21N3OS/c1-8(6-14)7-15-13(17)12-9(2)16-11(18-12)5-10-3-4-10/h8,10H,3-7,14H2,1-2H3,(H,15,17). The topological polar surface area (TPSA) is 68.0 Å². The molecule has 1 fully saturated rings. The Kier molecular flexibility index (Phi) is 4.35. The molecule has 1 unspecified atom stereocenters. The van der Waals surface area contributed by atoms with Crippen LogP contribution in [-0.4, -0.2) is 24.0 Å². The number of hydrogen-bond acceptors (Lipinski definition) is 4. The van der Waals surface area contributed by atoms with E-state index in [1.54, 1.807) is 11.3 Å². The van der Waals surface area contributed by atoms with Crippen molar-refractivity contribution in [2.24, 2.45) is 17.6 Å². The second-order valence-electron chi connectivity index (χ2n) is 5.22. The van der Waals surface area contributed by atoms with Crippen LogP contribution in [-0.2, 0) is 6.42 Å². The van der Waals surface area contributed by atoms with Crippen LogP contribution in [0.4, 0.5) is 0 Å². The molecular weight excluding hydrogens is 246 g/mol. The molecule has 0 aromatic carbocycles. The number of carbonyl (C=O) groups is 1. The van der Waals surface area contributed by atoms with Crippen LogP contribution >= 0.6 is 11.3 Å². The van der Waals surface area contributed by atoms with Crippen LogP contribution in [0.3, 0.4) is 0 Å². The Morgan fingerprint density at radius 1 is 1.61 bits per heavy atom. The lowest BCUT2D eigenvalue weighted by atomic mass is 10.2. The quantitative estimate of drug-likeness (QED) is 0.825. The van der Waals surface area contributed by atoms with Gasteiger partial charge in [-0.3, -0.25) is 4.79 Å². The van der Waals surface area contributed by atoms with E-state index in [0.29, 0.717) is 19.0 Å². The molecule has 1 atom stereocenters. The van der Waals surface area contributed by atoms with Gasteiger partial charge in [0.25, 0.3) is 5.91 Å². The van der Waals surface area contributed by atoms with Gasteiger partial charge in [0.2, 0.25) is 0 Å². The van der Waals surface area contributed by atoms with Crippen LogP contribution in [0.15, 0.2) is 0 Å². The van der Waals surface area contributed by atoms with Gasteiger partial charge >= 0.3 is 0 Å². The number of amides is 1. The minimum Gasteiger partial charge on any atom is -0.351 e. The predicted octanol–water partition coefficient (Wildman–Crippen LogP) is 1.73. The number of carbonyl (C=O) groups excluding carboxylic acids is 1. The third-order valence-corrected chi connectivity index (χ3v) is 4.40. The molecule has 2 rings (SSSR count). The summed E-state index contributed by atoms with van der Waals surface area (Å²) in [6, 6.07) is 0. The molecule has 0 radical (unpaired) electrons. The molecule has 1 aromatic heterocycles. The zero-order valence-electron chi connectivity index (χ0n) is 11.0. The molecule has 5 heteroatoms. The van der Waals surface area contributed by atoms with Crippen molar-refractivity contribution in [2.75, 3.05) is 13.1 Å². The molecule has 100 valence electrons. The molecule has 3 N–H and O–H groups in total. The number of aromatic nitrogens is 1. The van der Waals surface area contributed by atoms with E-state index in [2.05, 4.69) is 10.3 Å². The minimum absolute atomic E-state index is 0.00709. The summed E-state index contributed by atoms with van der Waals surface area (Å²) in [6.07, 6.45) is 3.67. The van der Waals surface area contributed by atoms with E-state index in [9.17, 15) is 4.79 Å². The first-order valence-corrected chi connectivity index (χ1v) is 7.36. The van der Waals surface area contributed by atoms with Crippen molar-refractivity contribution >= 4 is 17.2 Å². The van der Waals surface area contributed by atoms with Gasteiger partial charge in [0.15, 0.2) is 0 Å². The molecule has 0 saturated heterocycles. The van der Waals surface area contributed by atoms with Crippen molar-refractivity contribution in [1.29, 1.82) is 0 Å². The highest BCUT2D eigenvalue weighted by atomic mass is 32.1. The number of nitrogens with two attached hydrogens (primary N) is 1. The second kappa shape index (κ2) is 5.80.